The van der Waals surface area contributed by atoms with E-state index >= 15 is 0 Å². The van der Waals surface area contributed by atoms with Crippen LogP contribution in [0.1, 0.15) is 21.1 Å². The molecule has 0 aliphatic carbocycles. The fraction of sp³-hybridized carbons (Fsp3) is 0.150. The molecule has 0 bridgehead atoms. The number of carbonyl (C=O) groups excluding carboxylic acids is 1. The number of benzene rings is 1. The summed E-state index contributed by atoms with van der Waals surface area (Å²) in [4.78, 5) is 22.9. The minimum Gasteiger partial charge on any atom is -0.497 e. The van der Waals surface area contributed by atoms with E-state index in [4.69, 9.17) is 16.3 Å². The zero-order chi connectivity index (χ0) is 19.8. The minimum absolute atomic E-state index is 0.262. The third-order valence-electron chi connectivity index (χ3n) is 4.36. The van der Waals surface area contributed by atoms with Crippen molar-refractivity contribution < 1.29 is 9.53 Å². The number of ether oxygens (including phenoxy) is 1. The van der Waals surface area contributed by atoms with Crippen LogP contribution < -0.4 is 10.1 Å². The summed E-state index contributed by atoms with van der Waals surface area (Å²) in [6.07, 6.45) is 1.74. The van der Waals surface area contributed by atoms with Crippen molar-refractivity contribution >= 4 is 39.6 Å². The number of halogens is 1. The Labute approximate surface area is 170 Å². The summed E-state index contributed by atoms with van der Waals surface area (Å²) in [6, 6.07) is 11.1. The lowest BCUT2D eigenvalue weighted by atomic mass is 10.1. The van der Waals surface area contributed by atoms with Gasteiger partial charge in [0.2, 0.25) is 0 Å². The van der Waals surface area contributed by atoms with Gasteiger partial charge in [-0.2, -0.15) is 0 Å². The van der Waals surface area contributed by atoms with Crippen LogP contribution in [0.25, 0.3) is 16.9 Å². The van der Waals surface area contributed by atoms with E-state index < -0.39 is 0 Å². The Morgan fingerprint density at radius 3 is 2.64 bits per heavy atom. The summed E-state index contributed by atoms with van der Waals surface area (Å²) in [5.41, 5.74) is 3.53. The summed E-state index contributed by atoms with van der Waals surface area (Å²) >= 11 is 7.45. The number of aromatic nitrogens is 3. The van der Waals surface area contributed by atoms with Crippen molar-refractivity contribution in [2.24, 2.45) is 0 Å². The van der Waals surface area contributed by atoms with E-state index in [1.807, 2.05) is 31.2 Å². The smallest absolute Gasteiger partial charge is 0.276 e. The summed E-state index contributed by atoms with van der Waals surface area (Å²) in [7, 11) is 1.63. The molecule has 4 aromatic rings. The van der Waals surface area contributed by atoms with Crippen molar-refractivity contribution in [1.29, 1.82) is 0 Å². The van der Waals surface area contributed by atoms with Crippen LogP contribution in [0.3, 0.4) is 0 Å². The maximum atomic E-state index is 12.9. The highest BCUT2D eigenvalue weighted by Gasteiger charge is 2.19. The molecule has 0 aliphatic rings. The van der Waals surface area contributed by atoms with Crippen LogP contribution in [0.2, 0.25) is 5.02 Å². The largest absolute Gasteiger partial charge is 0.497 e. The van der Waals surface area contributed by atoms with Crippen LogP contribution in [0.4, 0.5) is 5.13 Å². The number of carbonyl (C=O) groups is 1. The molecule has 0 fully saturated rings. The molecular formula is C20H17ClN4O2S. The maximum Gasteiger partial charge on any atom is 0.276 e. The van der Waals surface area contributed by atoms with Crippen molar-refractivity contribution in [3.8, 4) is 17.0 Å². The Morgan fingerprint density at radius 2 is 1.93 bits per heavy atom. The molecule has 1 N–H and O–H groups in total. The highest BCUT2D eigenvalue weighted by molar-refractivity contribution is 7.16. The molecule has 8 heteroatoms. The van der Waals surface area contributed by atoms with Gasteiger partial charge >= 0.3 is 0 Å². The third kappa shape index (κ3) is 3.34. The maximum absolute atomic E-state index is 12.9. The fourth-order valence-electron chi connectivity index (χ4n) is 3.03. The number of thiazole rings is 1. The first-order chi connectivity index (χ1) is 13.5. The van der Waals surface area contributed by atoms with Gasteiger partial charge in [0.1, 0.15) is 17.1 Å². The van der Waals surface area contributed by atoms with Crippen LogP contribution in [-0.4, -0.2) is 27.4 Å². The first-order valence-electron chi connectivity index (χ1n) is 8.53. The molecule has 6 nitrogen and oxygen atoms in total. The van der Waals surface area contributed by atoms with Crippen molar-refractivity contribution in [3.63, 3.8) is 0 Å². The first kappa shape index (κ1) is 18.5. The number of anilines is 1. The van der Waals surface area contributed by atoms with Crippen LogP contribution in [0.15, 0.2) is 42.6 Å². The first-order valence-corrected chi connectivity index (χ1v) is 9.73. The van der Waals surface area contributed by atoms with Crippen molar-refractivity contribution in [1.82, 2.24) is 14.4 Å². The number of aryl methyl sites for hydroxylation is 2. The number of rotatable bonds is 4. The highest BCUT2D eigenvalue weighted by Crippen LogP contribution is 2.31. The number of methoxy groups -OCH3 is 1. The van der Waals surface area contributed by atoms with Gasteiger partial charge in [0, 0.05) is 27.7 Å². The van der Waals surface area contributed by atoms with Gasteiger partial charge in [0.25, 0.3) is 5.91 Å². The van der Waals surface area contributed by atoms with Crippen LogP contribution in [0.5, 0.6) is 5.75 Å². The summed E-state index contributed by atoms with van der Waals surface area (Å²) in [5.74, 6) is 0.524. The Bertz CT molecular complexity index is 1180. The topological polar surface area (TPSA) is 68.5 Å². The summed E-state index contributed by atoms with van der Waals surface area (Å²) < 4.78 is 6.92. The lowest BCUT2D eigenvalue weighted by Gasteiger charge is -2.03. The standard InChI is InChI=1S/C20H17ClN4O2S/c1-11-18(25-9-8-14(21)10-16(25)22-11)19(26)24-20-23-17(12(2)28-20)13-4-6-15(27-3)7-5-13/h4-10H,1-3H3,(H,23,24,26). The number of hydrogen-bond donors (Lipinski definition) is 1. The number of hydrogen-bond acceptors (Lipinski definition) is 5. The Balaban J connectivity index is 1.63. The number of amides is 1. The third-order valence-corrected chi connectivity index (χ3v) is 5.48. The molecule has 0 spiro atoms. The fourth-order valence-corrected chi connectivity index (χ4v) is 4.02. The van der Waals surface area contributed by atoms with Gasteiger partial charge in [0.15, 0.2) is 5.13 Å². The number of nitrogens with one attached hydrogen (secondary N) is 1. The second-order valence-electron chi connectivity index (χ2n) is 6.23. The Morgan fingerprint density at radius 1 is 1.18 bits per heavy atom. The van der Waals surface area contributed by atoms with E-state index in [-0.39, 0.29) is 5.91 Å². The Kier molecular flexibility index (Phi) is 4.78. The zero-order valence-electron chi connectivity index (χ0n) is 15.5. The number of nitrogens with zero attached hydrogens (tertiary/aromatic N) is 3. The average Bonchev–Trinajstić information content (AvgIpc) is 3.19. The van der Waals surface area contributed by atoms with Gasteiger partial charge in [-0.05, 0) is 44.2 Å². The predicted octanol–water partition coefficient (Wildman–Crippen LogP) is 4.99. The second-order valence-corrected chi connectivity index (χ2v) is 7.87. The van der Waals surface area contributed by atoms with Gasteiger partial charge < -0.3 is 4.74 Å². The molecule has 142 valence electrons. The molecule has 0 aliphatic heterocycles. The summed E-state index contributed by atoms with van der Waals surface area (Å²) in [5, 5.41) is 4.01. The highest BCUT2D eigenvalue weighted by atomic mass is 35.5. The number of pyridine rings is 1. The van der Waals surface area contributed by atoms with E-state index in [9.17, 15) is 4.79 Å². The van der Waals surface area contributed by atoms with E-state index in [0.29, 0.717) is 27.2 Å². The lowest BCUT2D eigenvalue weighted by molar-refractivity contribution is 0.102. The van der Waals surface area contributed by atoms with Gasteiger partial charge in [-0.15, -0.1) is 11.3 Å². The van der Waals surface area contributed by atoms with Crippen molar-refractivity contribution in [2.45, 2.75) is 13.8 Å². The monoisotopic (exact) mass is 412 g/mol. The van der Waals surface area contributed by atoms with Gasteiger partial charge in [-0.3, -0.25) is 14.5 Å². The van der Waals surface area contributed by atoms with Gasteiger partial charge in [-0.25, -0.2) is 9.97 Å². The SMILES string of the molecule is COc1ccc(-c2nc(NC(=O)c3c(C)nc4cc(Cl)ccn34)sc2C)cc1. The average molecular weight is 413 g/mol. The molecule has 0 saturated heterocycles. The molecule has 0 saturated carbocycles. The molecule has 0 radical (unpaired) electrons. The number of fused-ring (bicyclic) bond motifs is 1. The quantitative estimate of drug-likeness (QED) is 0.512. The van der Waals surface area contributed by atoms with E-state index in [1.54, 1.807) is 36.8 Å². The van der Waals surface area contributed by atoms with Crippen LogP contribution >= 0.6 is 22.9 Å². The molecule has 28 heavy (non-hydrogen) atoms. The number of imidazole rings is 1. The van der Waals surface area contributed by atoms with Crippen molar-refractivity contribution in [3.05, 3.63) is 63.9 Å². The van der Waals surface area contributed by atoms with Crippen LogP contribution in [-0.2, 0) is 0 Å². The van der Waals surface area contributed by atoms with Gasteiger partial charge in [0.05, 0.1) is 18.5 Å². The Hall–Kier alpha value is -2.90. The predicted molar refractivity (Wildman–Crippen MR) is 112 cm³/mol. The second kappa shape index (κ2) is 7.26. The zero-order valence-corrected chi connectivity index (χ0v) is 17.1. The van der Waals surface area contributed by atoms with Gasteiger partial charge in [-0.1, -0.05) is 11.6 Å². The molecule has 0 atom stereocenters. The summed E-state index contributed by atoms with van der Waals surface area (Å²) in [6.45, 7) is 3.78. The molecular weight excluding hydrogens is 396 g/mol. The van der Waals surface area contributed by atoms with Crippen molar-refractivity contribution in [2.75, 3.05) is 12.4 Å². The normalized spacial score (nSPS) is 11.0. The molecule has 1 amide bonds. The lowest BCUT2D eigenvalue weighted by Crippen LogP contribution is -2.15. The van der Waals surface area contributed by atoms with Crippen LogP contribution in [0, 0.1) is 13.8 Å². The molecule has 3 aromatic heterocycles. The molecule has 4 rings (SSSR count). The van der Waals surface area contributed by atoms with E-state index in [0.717, 1.165) is 21.9 Å². The minimum atomic E-state index is -0.262. The molecule has 1 aromatic carbocycles. The van der Waals surface area contributed by atoms with E-state index in [1.165, 1.54) is 11.3 Å². The molecule has 3 heterocycles. The van der Waals surface area contributed by atoms with E-state index in [2.05, 4.69) is 15.3 Å². The molecule has 0 unspecified atom stereocenters.